The van der Waals surface area contributed by atoms with E-state index < -0.39 is 0 Å². The van der Waals surface area contributed by atoms with E-state index in [1.165, 1.54) is 0 Å². The van der Waals surface area contributed by atoms with Gasteiger partial charge in [-0.15, -0.1) is 0 Å². The predicted molar refractivity (Wildman–Crippen MR) is 87.6 cm³/mol. The third-order valence-electron chi connectivity index (χ3n) is 4.43. The van der Waals surface area contributed by atoms with Gasteiger partial charge in [0.2, 0.25) is 11.8 Å². The Morgan fingerprint density at radius 3 is 2.50 bits per heavy atom. The van der Waals surface area contributed by atoms with Crippen LogP contribution in [0.15, 0.2) is 24.3 Å². The Kier molecular flexibility index (Phi) is 5.46. The van der Waals surface area contributed by atoms with Crippen molar-refractivity contribution in [3.8, 4) is 0 Å². The second kappa shape index (κ2) is 7.14. The van der Waals surface area contributed by atoms with Crippen LogP contribution in [0.5, 0.6) is 0 Å². The molecule has 2 atom stereocenters. The van der Waals surface area contributed by atoms with Gasteiger partial charge < -0.3 is 9.80 Å². The van der Waals surface area contributed by atoms with E-state index in [1.807, 2.05) is 50.1 Å². The van der Waals surface area contributed by atoms with Gasteiger partial charge in [0.15, 0.2) is 0 Å². The number of halogens is 1. The van der Waals surface area contributed by atoms with Gasteiger partial charge in [-0.25, -0.2) is 0 Å². The number of nitrogens with zero attached hydrogens (tertiary/aromatic N) is 2. The lowest BCUT2D eigenvalue weighted by atomic mass is 9.83. The van der Waals surface area contributed by atoms with Crippen LogP contribution in [0, 0.1) is 5.92 Å². The summed E-state index contributed by atoms with van der Waals surface area (Å²) in [5.41, 5.74) is 0.974. The molecular formula is C17H23ClN2O2. The molecule has 4 nitrogen and oxygen atoms in total. The van der Waals surface area contributed by atoms with Crippen molar-refractivity contribution in [2.24, 2.45) is 5.92 Å². The van der Waals surface area contributed by atoms with E-state index in [0.717, 1.165) is 5.56 Å². The number of amides is 2. The Morgan fingerprint density at radius 1 is 1.32 bits per heavy atom. The molecule has 22 heavy (non-hydrogen) atoms. The topological polar surface area (TPSA) is 40.6 Å². The normalized spacial score (nSPS) is 21.8. The molecule has 0 bridgehead atoms. The lowest BCUT2D eigenvalue weighted by molar-refractivity contribution is -0.147. The van der Waals surface area contributed by atoms with E-state index in [9.17, 15) is 9.59 Å². The molecule has 1 saturated heterocycles. The second-order valence-corrected chi connectivity index (χ2v) is 6.11. The molecule has 0 spiro atoms. The summed E-state index contributed by atoms with van der Waals surface area (Å²) in [6, 6.07) is 7.26. The van der Waals surface area contributed by atoms with Gasteiger partial charge in [0.25, 0.3) is 0 Å². The van der Waals surface area contributed by atoms with E-state index in [0.29, 0.717) is 31.0 Å². The molecule has 1 heterocycles. The van der Waals surface area contributed by atoms with Crippen LogP contribution >= 0.6 is 11.6 Å². The minimum atomic E-state index is -0.204. The zero-order valence-electron chi connectivity index (χ0n) is 13.4. The quantitative estimate of drug-likeness (QED) is 0.854. The number of carbonyl (C=O) groups is 2. The van der Waals surface area contributed by atoms with Gasteiger partial charge in [-0.2, -0.15) is 0 Å². The molecule has 0 unspecified atom stereocenters. The minimum absolute atomic E-state index is 0.105. The van der Waals surface area contributed by atoms with Gasteiger partial charge in [-0.1, -0.05) is 23.7 Å². The molecule has 1 aromatic carbocycles. The lowest BCUT2D eigenvalue weighted by Gasteiger charge is -2.41. The fourth-order valence-corrected chi connectivity index (χ4v) is 3.22. The Hall–Kier alpha value is -1.55. The monoisotopic (exact) mass is 322 g/mol. The minimum Gasteiger partial charge on any atom is -0.346 e. The van der Waals surface area contributed by atoms with Crippen LogP contribution in [0.4, 0.5) is 0 Å². The number of hydrogen-bond acceptors (Lipinski definition) is 2. The van der Waals surface area contributed by atoms with Gasteiger partial charge in [0.1, 0.15) is 0 Å². The first-order valence-electron chi connectivity index (χ1n) is 7.79. The van der Waals surface area contributed by atoms with Crippen molar-refractivity contribution in [3.63, 3.8) is 0 Å². The standard InChI is InChI=1S/C17H23ClN2O2/c1-4-19(3)17(22)14-10-11-15(21)20(5-2)16(14)12-6-8-13(18)9-7-12/h6-9,14,16H,4-5,10-11H2,1-3H3/t14-,16+/m1/s1. The molecule has 0 saturated carbocycles. The second-order valence-electron chi connectivity index (χ2n) is 5.67. The highest BCUT2D eigenvalue weighted by Gasteiger charge is 2.40. The molecule has 1 aliphatic heterocycles. The average Bonchev–Trinajstić information content (AvgIpc) is 2.54. The summed E-state index contributed by atoms with van der Waals surface area (Å²) in [7, 11) is 1.81. The third kappa shape index (κ3) is 3.27. The first-order valence-corrected chi connectivity index (χ1v) is 8.17. The summed E-state index contributed by atoms with van der Waals surface area (Å²) < 4.78 is 0. The Labute approximate surface area is 137 Å². The van der Waals surface area contributed by atoms with E-state index in [4.69, 9.17) is 11.6 Å². The molecule has 0 aliphatic carbocycles. The summed E-state index contributed by atoms with van der Waals surface area (Å²) in [5, 5.41) is 0.655. The van der Waals surface area contributed by atoms with Crippen LogP contribution in [-0.4, -0.2) is 41.8 Å². The maximum atomic E-state index is 12.7. The van der Waals surface area contributed by atoms with Crippen LogP contribution in [0.3, 0.4) is 0 Å². The first-order chi connectivity index (χ1) is 10.5. The number of rotatable bonds is 4. The molecular weight excluding hydrogens is 300 g/mol. The first kappa shape index (κ1) is 16.8. The lowest BCUT2D eigenvalue weighted by Crippen LogP contribution is -2.48. The highest BCUT2D eigenvalue weighted by molar-refractivity contribution is 6.30. The number of piperidine rings is 1. The van der Waals surface area contributed by atoms with E-state index in [-0.39, 0.29) is 23.8 Å². The number of benzene rings is 1. The van der Waals surface area contributed by atoms with Crippen LogP contribution in [-0.2, 0) is 9.59 Å². The van der Waals surface area contributed by atoms with E-state index >= 15 is 0 Å². The summed E-state index contributed by atoms with van der Waals surface area (Å²) in [6.07, 6.45) is 1.04. The van der Waals surface area contributed by atoms with Gasteiger partial charge in [-0.05, 0) is 38.0 Å². The zero-order chi connectivity index (χ0) is 16.3. The van der Waals surface area contributed by atoms with E-state index in [2.05, 4.69) is 0 Å². The third-order valence-corrected chi connectivity index (χ3v) is 4.68. The van der Waals surface area contributed by atoms with Crippen LogP contribution in [0.25, 0.3) is 0 Å². The largest absolute Gasteiger partial charge is 0.346 e. The molecule has 0 aromatic heterocycles. The van der Waals surface area contributed by atoms with Crippen molar-refractivity contribution < 1.29 is 9.59 Å². The van der Waals surface area contributed by atoms with Gasteiger partial charge in [0, 0.05) is 31.6 Å². The molecule has 2 rings (SSSR count). The Bertz CT molecular complexity index is 544. The SMILES string of the molecule is CCN(C)C(=O)[C@@H]1CCC(=O)N(CC)[C@H]1c1ccc(Cl)cc1. The van der Waals surface area contributed by atoms with Crippen molar-refractivity contribution >= 4 is 23.4 Å². The highest BCUT2D eigenvalue weighted by Crippen LogP contribution is 2.37. The number of carbonyl (C=O) groups excluding carboxylic acids is 2. The van der Waals surface area contributed by atoms with Crippen molar-refractivity contribution in [3.05, 3.63) is 34.9 Å². The van der Waals surface area contributed by atoms with Crippen molar-refractivity contribution in [2.45, 2.75) is 32.7 Å². The molecule has 120 valence electrons. The molecule has 1 fully saturated rings. The van der Waals surface area contributed by atoms with Gasteiger partial charge >= 0.3 is 0 Å². The van der Waals surface area contributed by atoms with Crippen molar-refractivity contribution in [1.82, 2.24) is 9.80 Å². The Morgan fingerprint density at radius 2 is 1.95 bits per heavy atom. The molecule has 0 N–H and O–H groups in total. The zero-order valence-corrected chi connectivity index (χ0v) is 14.1. The molecule has 1 aromatic rings. The average molecular weight is 323 g/mol. The van der Waals surface area contributed by atoms with Gasteiger partial charge in [-0.3, -0.25) is 9.59 Å². The van der Waals surface area contributed by atoms with E-state index in [1.54, 1.807) is 4.90 Å². The molecule has 1 aliphatic rings. The van der Waals surface area contributed by atoms with Crippen LogP contribution < -0.4 is 0 Å². The van der Waals surface area contributed by atoms with Crippen molar-refractivity contribution in [1.29, 1.82) is 0 Å². The van der Waals surface area contributed by atoms with Crippen molar-refractivity contribution in [2.75, 3.05) is 20.1 Å². The fourth-order valence-electron chi connectivity index (χ4n) is 3.10. The smallest absolute Gasteiger partial charge is 0.227 e. The maximum absolute atomic E-state index is 12.7. The summed E-state index contributed by atoms with van der Waals surface area (Å²) in [6.45, 7) is 5.19. The number of likely N-dealkylation sites (tertiary alicyclic amines) is 1. The number of hydrogen-bond donors (Lipinski definition) is 0. The summed E-state index contributed by atoms with van der Waals surface area (Å²) in [5.74, 6) is 0.0304. The maximum Gasteiger partial charge on any atom is 0.227 e. The fraction of sp³-hybridized carbons (Fsp3) is 0.529. The molecule has 2 amide bonds. The predicted octanol–water partition coefficient (Wildman–Crippen LogP) is 3.12. The van der Waals surface area contributed by atoms with Crippen LogP contribution in [0.1, 0.15) is 38.3 Å². The van der Waals surface area contributed by atoms with Crippen LogP contribution in [0.2, 0.25) is 5.02 Å². The molecule has 0 radical (unpaired) electrons. The summed E-state index contributed by atoms with van der Waals surface area (Å²) in [4.78, 5) is 28.5. The Balaban J connectivity index is 2.40. The molecule has 5 heteroatoms. The van der Waals surface area contributed by atoms with Gasteiger partial charge in [0.05, 0.1) is 12.0 Å². The summed E-state index contributed by atoms with van der Waals surface area (Å²) >= 11 is 5.97. The highest BCUT2D eigenvalue weighted by atomic mass is 35.5.